The van der Waals surface area contributed by atoms with Crippen molar-refractivity contribution in [2.45, 2.75) is 32.7 Å². The third-order valence-electron chi connectivity index (χ3n) is 4.06. The number of rotatable bonds is 9. The summed E-state index contributed by atoms with van der Waals surface area (Å²) in [5, 5.41) is 21.2. The van der Waals surface area contributed by atoms with Crippen LogP contribution in [0, 0.1) is 5.92 Å². The lowest BCUT2D eigenvalue weighted by Gasteiger charge is -2.15. The summed E-state index contributed by atoms with van der Waals surface area (Å²) in [6.45, 7) is 4.85. The van der Waals surface area contributed by atoms with E-state index in [9.17, 15) is 19.8 Å². The van der Waals surface area contributed by atoms with Crippen molar-refractivity contribution in [2.24, 2.45) is 5.92 Å². The summed E-state index contributed by atoms with van der Waals surface area (Å²) in [6, 6.07) is 11.8. The Morgan fingerprint density at radius 3 is 2.22 bits per heavy atom. The number of carbonyl (C=O) groups excluding carboxylic acids is 1. The van der Waals surface area contributed by atoms with Crippen LogP contribution in [-0.2, 0) is 11.2 Å². The zero-order valence-electron chi connectivity index (χ0n) is 15.5. The monoisotopic (exact) mass is 371 g/mol. The van der Waals surface area contributed by atoms with Gasteiger partial charge in [0, 0.05) is 12.0 Å². The molecule has 0 bridgehead atoms. The molecule has 0 aliphatic rings. The zero-order valence-corrected chi connectivity index (χ0v) is 15.5. The van der Waals surface area contributed by atoms with Gasteiger partial charge in [-0.2, -0.15) is 0 Å². The van der Waals surface area contributed by atoms with Crippen LogP contribution in [0.5, 0.6) is 11.5 Å². The first-order valence-corrected chi connectivity index (χ1v) is 8.89. The van der Waals surface area contributed by atoms with E-state index in [-0.39, 0.29) is 12.2 Å². The van der Waals surface area contributed by atoms with Crippen LogP contribution >= 0.6 is 0 Å². The van der Waals surface area contributed by atoms with Gasteiger partial charge in [-0.25, -0.2) is 4.79 Å². The Morgan fingerprint density at radius 1 is 1.04 bits per heavy atom. The number of phenols is 1. The molecule has 1 amide bonds. The number of ether oxygens (including phenoxy) is 1. The molecule has 0 aliphatic carbocycles. The van der Waals surface area contributed by atoms with Crippen molar-refractivity contribution in [1.29, 1.82) is 0 Å². The molecule has 2 aromatic carbocycles. The number of carbonyl (C=O) groups is 2. The number of benzene rings is 2. The number of aromatic hydroxyl groups is 1. The Kier molecular flexibility index (Phi) is 7.23. The fourth-order valence-electron chi connectivity index (χ4n) is 2.42. The fraction of sp³-hybridized carbons (Fsp3) is 0.333. The molecule has 144 valence electrons. The smallest absolute Gasteiger partial charge is 0.326 e. The molecule has 1 atom stereocenters. The number of carboxylic acid groups (broad SMARTS) is 1. The molecule has 0 fully saturated rings. The van der Waals surface area contributed by atoms with Gasteiger partial charge in [-0.3, -0.25) is 4.79 Å². The second-order valence-electron chi connectivity index (χ2n) is 6.79. The molecule has 1 unspecified atom stereocenters. The summed E-state index contributed by atoms with van der Waals surface area (Å²) in [7, 11) is 0. The van der Waals surface area contributed by atoms with Gasteiger partial charge in [0.2, 0.25) is 0 Å². The van der Waals surface area contributed by atoms with Crippen LogP contribution in [0.1, 0.15) is 36.2 Å². The first-order valence-electron chi connectivity index (χ1n) is 8.89. The van der Waals surface area contributed by atoms with Gasteiger partial charge in [0.15, 0.2) is 0 Å². The second-order valence-corrected chi connectivity index (χ2v) is 6.79. The van der Waals surface area contributed by atoms with Crippen LogP contribution in [0.3, 0.4) is 0 Å². The summed E-state index contributed by atoms with van der Waals surface area (Å²) in [6.07, 6.45) is 1.07. The van der Waals surface area contributed by atoms with Crippen LogP contribution in [0.15, 0.2) is 48.5 Å². The molecule has 6 nitrogen and oxygen atoms in total. The maximum atomic E-state index is 12.4. The largest absolute Gasteiger partial charge is 0.508 e. The number of aliphatic carboxylic acids is 1. The molecule has 0 aromatic heterocycles. The highest BCUT2D eigenvalue weighted by Crippen LogP contribution is 2.15. The number of nitrogens with one attached hydrogen (secondary N) is 1. The molecule has 2 rings (SSSR count). The molecule has 2 aromatic rings. The quantitative estimate of drug-likeness (QED) is 0.629. The van der Waals surface area contributed by atoms with E-state index < -0.39 is 17.9 Å². The molecule has 27 heavy (non-hydrogen) atoms. The highest BCUT2D eigenvalue weighted by molar-refractivity contribution is 5.96. The van der Waals surface area contributed by atoms with Crippen molar-refractivity contribution < 1.29 is 24.5 Å². The minimum absolute atomic E-state index is 0.102. The van der Waals surface area contributed by atoms with E-state index in [1.807, 2.05) is 0 Å². The highest BCUT2D eigenvalue weighted by Gasteiger charge is 2.21. The van der Waals surface area contributed by atoms with E-state index in [0.29, 0.717) is 29.4 Å². The topological polar surface area (TPSA) is 95.9 Å². The lowest BCUT2D eigenvalue weighted by atomic mass is 10.1. The summed E-state index contributed by atoms with van der Waals surface area (Å²) in [4.78, 5) is 23.8. The van der Waals surface area contributed by atoms with Gasteiger partial charge in [-0.05, 0) is 54.3 Å². The van der Waals surface area contributed by atoms with Crippen molar-refractivity contribution >= 4 is 11.9 Å². The van der Waals surface area contributed by atoms with Crippen molar-refractivity contribution in [1.82, 2.24) is 5.32 Å². The molecule has 0 heterocycles. The lowest BCUT2D eigenvalue weighted by molar-refractivity contribution is -0.139. The van der Waals surface area contributed by atoms with Crippen molar-refractivity contribution in [2.75, 3.05) is 6.61 Å². The van der Waals surface area contributed by atoms with Crippen LogP contribution in [0.2, 0.25) is 0 Å². The minimum atomic E-state index is -1.12. The predicted octanol–water partition coefficient (Wildman–Crippen LogP) is 3.24. The molecular weight excluding hydrogens is 346 g/mol. The summed E-state index contributed by atoms with van der Waals surface area (Å²) < 4.78 is 5.61. The maximum absolute atomic E-state index is 12.4. The van der Waals surface area contributed by atoms with E-state index in [0.717, 1.165) is 6.42 Å². The van der Waals surface area contributed by atoms with Crippen LogP contribution < -0.4 is 10.1 Å². The summed E-state index contributed by atoms with van der Waals surface area (Å²) >= 11 is 0. The fourth-order valence-corrected chi connectivity index (χ4v) is 2.42. The standard InChI is InChI=1S/C21H25NO5/c1-14(2)11-12-27-18-9-5-16(6-10-18)20(24)22-19(21(25)26)13-15-3-7-17(23)8-4-15/h3-10,14,19,23H,11-13H2,1-2H3,(H,22,24)(H,25,26). The molecule has 6 heteroatoms. The van der Waals surface area contributed by atoms with E-state index in [1.165, 1.54) is 12.1 Å². The Hall–Kier alpha value is -3.02. The first kappa shape index (κ1) is 20.3. The average Bonchev–Trinajstić information content (AvgIpc) is 2.63. The third-order valence-corrected chi connectivity index (χ3v) is 4.06. The summed E-state index contributed by atoms with van der Waals surface area (Å²) in [5.41, 5.74) is 1.07. The van der Waals surface area contributed by atoms with Crippen LogP contribution in [0.4, 0.5) is 0 Å². The summed E-state index contributed by atoms with van der Waals surface area (Å²) in [5.74, 6) is -0.256. The normalized spacial score (nSPS) is 11.8. The molecule has 0 spiro atoms. The van der Waals surface area contributed by atoms with Gasteiger partial charge in [0.25, 0.3) is 5.91 Å². The van der Waals surface area contributed by atoms with Crippen molar-refractivity contribution in [3.63, 3.8) is 0 Å². The molecular formula is C21H25NO5. The van der Waals surface area contributed by atoms with Crippen molar-refractivity contribution in [3.05, 3.63) is 59.7 Å². The zero-order chi connectivity index (χ0) is 19.8. The third kappa shape index (κ3) is 6.66. The van der Waals surface area contributed by atoms with Gasteiger partial charge >= 0.3 is 5.97 Å². The Labute approximate surface area is 158 Å². The van der Waals surface area contributed by atoms with Crippen LogP contribution in [-0.4, -0.2) is 34.7 Å². The molecule has 0 saturated heterocycles. The highest BCUT2D eigenvalue weighted by atomic mass is 16.5. The SMILES string of the molecule is CC(C)CCOc1ccc(C(=O)NC(Cc2ccc(O)cc2)C(=O)O)cc1. The first-order chi connectivity index (χ1) is 12.8. The van der Waals surface area contributed by atoms with E-state index >= 15 is 0 Å². The van der Waals surface area contributed by atoms with E-state index in [4.69, 9.17) is 4.74 Å². The van der Waals surface area contributed by atoms with E-state index in [2.05, 4.69) is 19.2 Å². The number of hydrogen-bond acceptors (Lipinski definition) is 4. The van der Waals surface area contributed by atoms with Crippen LogP contribution in [0.25, 0.3) is 0 Å². The van der Waals surface area contributed by atoms with Gasteiger partial charge in [-0.1, -0.05) is 26.0 Å². The minimum Gasteiger partial charge on any atom is -0.508 e. The molecule has 3 N–H and O–H groups in total. The number of hydrogen-bond donors (Lipinski definition) is 3. The van der Waals surface area contributed by atoms with Gasteiger partial charge in [0.05, 0.1) is 6.61 Å². The van der Waals surface area contributed by atoms with Crippen molar-refractivity contribution in [3.8, 4) is 11.5 Å². The Morgan fingerprint density at radius 2 is 1.67 bits per heavy atom. The molecule has 0 radical (unpaired) electrons. The van der Waals surface area contributed by atoms with E-state index in [1.54, 1.807) is 36.4 Å². The van der Waals surface area contributed by atoms with Gasteiger partial charge < -0.3 is 20.3 Å². The van der Waals surface area contributed by atoms with Gasteiger partial charge in [0.1, 0.15) is 17.5 Å². The average molecular weight is 371 g/mol. The predicted molar refractivity (Wildman–Crippen MR) is 102 cm³/mol. The molecule has 0 saturated carbocycles. The Balaban J connectivity index is 1.96. The number of amides is 1. The maximum Gasteiger partial charge on any atom is 0.326 e. The number of carboxylic acids is 1. The second kappa shape index (κ2) is 9.62. The Bertz CT molecular complexity index is 753. The number of phenolic OH excluding ortho intramolecular Hbond substituents is 1. The lowest BCUT2D eigenvalue weighted by Crippen LogP contribution is -2.42. The van der Waals surface area contributed by atoms with Gasteiger partial charge in [-0.15, -0.1) is 0 Å². The molecule has 0 aliphatic heterocycles.